The first-order chi connectivity index (χ1) is 9.79. The minimum absolute atomic E-state index is 0.0932. The second-order valence-electron chi connectivity index (χ2n) is 8.45. The molecule has 0 radical (unpaired) electrons. The maximum Gasteiger partial charge on any atom is 0.0585 e. The van der Waals surface area contributed by atoms with Gasteiger partial charge in [0.25, 0.3) is 0 Å². The van der Waals surface area contributed by atoms with E-state index in [0.29, 0.717) is 17.8 Å². The van der Waals surface area contributed by atoms with Crippen LogP contribution in [0.2, 0.25) is 0 Å². The van der Waals surface area contributed by atoms with Crippen LogP contribution >= 0.6 is 0 Å². The normalized spacial score (nSPS) is 30.6. The molecule has 1 N–H and O–H groups in total. The minimum atomic E-state index is -0.0932. The summed E-state index contributed by atoms with van der Waals surface area (Å²) in [4.78, 5) is 2.63. The van der Waals surface area contributed by atoms with E-state index in [1.165, 1.54) is 32.4 Å². The summed E-state index contributed by atoms with van der Waals surface area (Å²) in [5.41, 5.74) is 0. The summed E-state index contributed by atoms with van der Waals surface area (Å²) in [5, 5.41) is 10.5. The van der Waals surface area contributed by atoms with Crippen LogP contribution in [0.5, 0.6) is 0 Å². The third kappa shape index (κ3) is 7.15. The molecule has 0 heterocycles. The van der Waals surface area contributed by atoms with Gasteiger partial charge in [-0.1, -0.05) is 41.5 Å². The molecule has 4 unspecified atom stereocenters. The zero-order chi connectivity index (χ0) is 16.0. The highest BCUT2D eigenvalue weighted by Crippen LogP contribution is 2.34. The van der Waals surface area contributed by atoms with Crippen LogP contribution in [-0.2, 0) is 0 Å². The topological polar surface area (TPSA) is 23.5 Å². The Morgan fingerprint density at radius 2 is 1.48 bits per heavy atom. The lowest BCUT2D eigenvalue weighted by Crippen LogP contribution is -2.43. The lowest BCUT2D eigenvalue weighted by atomic mass is 9.73. The molecule has 4 atom stereocenters. The molecule has 1 aliphatic rings. The number of hydrogen-bond acceptors (Lipinski definition) is 2. The molecule has 1 saturated carbocycles. The van der Waals surface area contributed by atoms with Gasteiger partial charge < -0.3 is 10.0 Å². The Morgan fingerprint density at radius 1 is 0.952 bits per heavy atom. The highest BCUT2D eigenvalue weighted by Gasteiger charge is 2.33. The molecule has 1 rings (SSSR count). The quantitative estimate of drug-likeness (QED) is 0.716. The minimum Gasteiger partial charge on any atom is -0.393 e. The zero-order valence-corrected chi connectivity index (χ0v) is 15.3. The van der Waals surface area contributed by atoms with Gasteiger partial charge in [-0.2, -0.15) is 0 Å². The van der Waals surface area contributed by atoms with Gasteiger partial charge in [0, 0.05) is 12.5 Å². The standard InChI is InChI=1S/C19H39NO/c1-14(2)7-9-20(10-8-15(3)4)13-18-17(6)11-16(5)12-19(18)21/h14-19,21H,7-13H2,1-6H3. The molecule has 0 aromatic rings. The molecular weight excluding hydrogens is 258 g/mol. The molecule has 126 valence electrons. The average molecular weight is 298 g/mol. The lowest BCUT2D eigenvalue weighted by Gasteiger charge is -2.40. The monoisotopic (exact) mass is 297 g/mol. The summed E-state index contributed by atoms with van der Waals surface area (Å²) in [6.45, 7) is 17.3. The van der Waals surface area contributed by atoms with Gasteiger partial charge in [0.1, 0.15) is 0 Å². The molecule has 0 aliphatic heterocycles. The van der Waals surface area contributed by atoms with Gasteiger partial charge in [-0.05, 0) is 62.4 Å². The van der Waals surface area contributed by atoms with Gasteiger partial charge in [-0.15, -0.1) is 0 Å². The zero-order valence-electron chi connectivity index (χ0n) is 15.3. The average Bonchev–Trinajstić information content (AvgIpc) is 2.35. The molecule has 0 spiro atoms. The first kappa shape index (κ1) is 19.0. The third-order valence-electron chi connectivity index (χ3n) is 5.16. The molecule has 0 saturated heterocycles. The second-order valence-corrected chi connectivity index (χ2v) is 8.45. The maximum atomic E-state index is 10.5. The van der Waals surface area contributed by atoms with Gasteiger partial charge in [0.15, 0.2) is 0 Å². The van der Waals surface area contributed by atoms with E-state index in [0.717, 1.165) is 24.8 Å². The predicted octanol–water partition coefficient (Wildman–Crippen LogP) is 4.42. The summed E-state index contributed by atoms with van der Waals surface area (Å²) in [6, 6.07) is 0. The largest absolute Gasteiger partial charge is 0.393 e. The van der Waals surface area contributed by atoms with Crippen LogP contribution < -0.4 is 0 Å². The SMILES string of the molecule is CC(C)CCN(CCC(C)C)CC1C(C)CC(C)CC1O. The van der Waals surface area contributed by atoms with Crippen molar-refractivity contribution in [1.29, 1.82) is 0 Å². The highest BCUT2D eigenvalue weighted by molar-refractivity contribution is 4.85. The van der Waals surface area contributed by atoms with E-state index in [1.54, 1.807) is 0 Å². The van der Waals surface area contributed by atoms with E-state index in [9.17, 15) is 5.11 Å². The van der Waals surface area contributed by atoms with Crippen LogP contribution in [0.4, 0.5) is 0 Å². The Balaban J connectivity index is 2.56. The van der Waals surface area contributed by atoms with Crippen molar-refractivity contribution in [2.45, 2.75) is 73.3 Å². The van der Waals surface area contributed by atoms with Crippen molar-refractivity contribution in [3.8, 4) is 0 Å². The molecule has 21 heavy (non-hydrogen) atoms. The van der Waals surface area contributed by atoms with Crippen molar-refractivity contribution < 1.29 is 5.11 Å². The summed E-state index contributed by atoms with van der Waals surface area (Å²) in [7, 11) is 0. The Morgan fingerprint density at radius 3 is 1.90 bits per heavy atom. The van der Waals surface area contributed by atoms with Crippen molar-refractivity contribution in [2.24, 2.45) is 29.6 Å². The van der Waals surface area contributed by atoms with Crippen molar-refractivity contribution in [3.05, 3.63) is 0 Å². The first-order valence-electron chi connectivity index (χ1n) is 9.20. The summed E-state index contributed by atoms with van der Waals surface area (Å²) >= 11 is 0. The third-order valence-corrected chi connectivity index (χ3v) is 5.16. The van der Waals surface area contributed by atoms with Crippen LogP contribution in [0, 0.1) is 29.6 Å². The Bertz CT molecular complexity index is 253. The Kier molecular flexibility index (Phi) is 8.26. The molecule has 1 aliphatic carbocycles. The summed E-state index contributed by atoms with van der Waals surface area (Å²) in [5.74, 6) is 3.34. The van der Waals surface area contributed by atoms with Crippen LogP contribution in [0.1, 0.15) is 67.2 Å². The summed E-state index contributed by atoms with van der Waals surface area (Å²) < 4.78 is 0. The van der Waals surface area contributed by atoms with Crippen LogP contribution in [0.15, 0.2) is 0 Å². The van der Waals surface area contributed by atoms with Crippen LogP contribution in [0.3, 0.4) is 0 Å². The number of aliphatic hydroxyl groups excluding tert-OH is 1. The van der Waals surface area contributed by atoms with E-state index < -0.39 is 0 Å². The van der Waals surface area contributed by atoms with Crippen molar-refractivity contribution >= 4 is 0 Å². The Labute approximate surface area is 133 Å². The van der Waals surface area contributed by atoms with E-state index in [1.807, 2.05) is 0 Å². The van der Waals surface area contributed by atoms with Gasteiger partial charge in [0.05, 0.1) is 6.10 Å². The van der Waals surface area contributed by atoms with E-state index in [2.05, 4.69) is 46.4 Å². The first-order valence-corrected chi connectivity index (χ1v) is 9.20. The fourth-order valence-corrected chi connectivity index (χ4v) is 3.65. The van der Waals surface area contributed by atoms with Gasteiger partial charge >= 0.3 is 0 Å². The predicted molar refractivity (Wildman–Crippen MR) is 92.4 cm³/mol. The molecule has 0 aromatic heterocycles. The van der Waals surface area contributed by atoms with E-state index >= 15 is 0 Å². The van der Waals surface area contributed by atoms with Crippen LogP contribution in [0.25, 0.3) is 0 Å². The van der Waals surface area contributed by atoms with Gasteiger partial charge in [0.2, 0.25) is 0 Å². The van der Waals surface area contributed by atoms with E-state index in [-0.39, 0.29) is 6.10 Å². The van der Waals surface area contributed by atoms with Crippen molar-refractivity contribution in [2.75, 3.05) is 19.6 Å². The number of aliphatic hydroxyl groups is 1. The lowest BCUT2D eigenvalue weighted by molar-refractivity contribution is -0.00314. The van der Waals surface area contributed by atoms with Crippen molar-refractivity contribution in [3.63, 3.8) is 0 Å². The van der Waals surface area contributed by atoms with Crippen molar-refractivity contribution in [1.82, 2.24) is 4.90 Å². The molecule has 2 heteroatoms. The fourth-order valence-electron chi connectivity index (χ4n) is 3.65. The number of hydrogen-bond donors (Lipinski definition) is 1. The molecule has 0 amide bonds. The molecule has 0 bridgehead atoms. The molecule has 1 fully saturated rings. The molecule has 2 nitrogen and oxygen atoms in total. The molecule has 0 aromatic carbocycles. The number of nitrogens with zero attached hydrogens (tertiary/aromatic N) is 1. The highest BCUT2D eigenvalue weighted by atomic mass is 16.3. The van der Waals surface area contributed by atoms with Gasteiger partial charge in [-0.25, -0.2) is 0 Å². The summed E-state index contributed by atoms with van der Waals surface area (Å²) in [6.07, 6.45) is 4.72. The Hall–Kier alpha value is -0.0800. The maximum absolute atomic E-state index is 10.5. The second kappa shape index (κ2) is 9.15. The fraction of sp³-hybridized carbons (Fsp3) is 1.00. The van der Waals surface area contributed by atoms with Crippen LogP contribution in [-0.4, -0.2) is 35.7 Å². The van der Waals surface area contributed by atoms with E-state index in [4.69, 9.17) is 0 Å². The smallest absolute Gasteiger partial charge is 0.0585 e. The van der Waals surface area contributed by atoms with Gasteiger partial charge in [-0.3, -0.25) is 0 Å². The number of rotatable bonds is 8. The molecular formula is C19H39NO.